The summed E-state index contributed by atoms with van der Waals surface area (Å²) in [6, 6.07) is 13.7. The molecule has 0 aliphatic heterocycles. The van der Waals surface area contributed by atoms with Crippen molar-refractivity contribution in [2.75, 3.05) is 7.11 Å². The Balaban J connectivity index is 1.73. The number of benzene rings is 2. The third-order valence-electron chi connectivity index (χ3n) is 4.03. The van der Waals surface area contributed by atoms with Crippen molar-refractivity contribution in [3.63, 3.8) is 0 Å². The zero-order chi connectivity index (χ0) is 20.5. The summed E-state index contributed by atoms with van der Waals surface area (Å²) in [6.07, 6.45) is -1.05. The Labute approximate surface area is 168 Å². The second kappa shape index (κ2) is 10.5. The molecule has 1 atom stereocenters. The van der Waals surface area contributed by atoms with E-state index in [-0.39, 0.29) is 18.6 Å². The molecule has 0 radical (unpaired) electrons. The number of hydrogen-bond acceptors (Lipinski definition) is 5. The molecule has 0 unspecified atom stereocenters. The van der Waals surface area contributed by atoms with Crippen molar-refractivity contribution < 1.29 is 23.9 Å². The minimum Gasteiger partial charge on any atom is -0.497 e. The Morgan fingerprint density at radius 1 is 1.00 bits per heavy atom. The van der Waals surface area contributed by atoms with Gasteiger partial charge in [0.2, 0.25) is 0 Å². The zero-order valence-electron chi connectivity index (χ0n) is 15.7. The number of hydrogen-bond donors (Lipinski definition) is 1. The summed E-state index contributed by atoms with van der Waals surface area (Å²) in [7, 11) is 1.58. The van der Waals surface area contributed by atoms with E-state index in [4.69, 9.17) is 21.1 Å². The summed E-state index contributed by atoms with van der Waals surface area (Å²) in [6.45, 7) is 1.79. The van der Waals surface area contributed by atoms with Gasteiger partial charge in [0.05, 0.1) is 13.5 Å². The summed E-state index contributed by atoms with van der Waals surface area (Å²) >= 11 is 5.78. The first-order valence-electron chi connectivity index (χ1n) is 8.78. The van der Waals surface area contributed by atoms with Crippen LogP contribution in [0, 0.1) is 0 Å². The Morgan fingerprint density at radius 3 is 2.25 bits per heavy atom. The molecule has 148 valence electrons. The lowest BCUT2D eigenvalue weighted by Crippen LogP contribution is -2.35. The van der Waals surface area contributed by atoms with Crippen LogP contribution in [0.25, 0.3) is 0 Å². The average molecular weight is 404 g/mol. The minimum absolute atomic E-state index is 0.000648. The van der Waals surface area contributed by atoms with Gasteiger partial charge in [-0.3, -0.25) is 14.4 Å². The maximum atomic E-state index is 12.1. The molecule has 0 heterocycles. The van der Waals surface area contributed by atoms with E-state index in [0.717, 1.165) is 11.3 Å². The molecule has 0 aliphatic carbocycles. The molecule has 2 aromatic rings. The van der Waals surface area contributed by atoms with Crippen LogP contribution in [0.4, 0.5) is 0 Å². The number of halogens is 1. The van der Waals surface area contributed by atoms with Gasteiger partial charge in [-0.25, -0.2) is 0 Å². The van der Waals surface area contributed by atoms with Gasteiger partial charge < -0.3 is 14.8 Å². The average Bonchev–Trinajstić information content (AvgIpc) is 2.71. The molecule has 0 bridgehead atoms. The van der Waals surface area contributed by atoms with E-state index in [1.807, 2.05) is 12.1 Å². The lowest BCUT2D eigenvalue weighted by molar-refractivity contribution is -0.154. The number of Topliss-reactive ketones (excluding diaryl/α,β-unsaturated/α-hetero) is 1. The fourth-order valence-corrected chi connectivity index (χ4v) is 2.51. The molecule has 0 aromatic heterocycles. The fraction of sp³-hybridized carbons (Fsp3) is 0.286. The molecule has 0 aliphatic rings. The second-order valence-electron chi connectivity index (χ2n) is 6.13. The molecule has 2 aromatic carbocycles. The predicted octanol–water partition coefficient (Wildman–Crippen LogP) is 3.56. The Morgan fingerprint density at radius 2 is 1.64 bits per heavy atom. The summed E-state index contributed by atoms with van der Waals surface area (Å²) < 4.78 is 10.2. The maximum Gasteiger partial charge on any atom is 0.307 e. The maximum absolute atomic E-state index is 12.1. The molecule has 0 saturated carbocycles. The monoisotopic (exact) mass is 403 g/mol. The molecule has 28 heavy (non-hydrogen) atoms. The van der Waals surface area contributed by atoms with Crippen LogP contribution in [0.2, 0.25) is 5.02 Å². The molecule has 7 heteroatoms. The van der Waals surface area contributed by atoms with Crippen LogP contribution in [0.1, 0.15) is 35.7 Å². The highest BCUT2D eigenvalue weighted by Gasteiger charge is 2.18. The summed E-state index contributed by atoms with van der Waals surface area (Å²) in [4.78, 5) is 36.0. The topological polar surface area (TPSA) is 81.7 Å². The fourth-order valence-electron chi connectivity index (χ4n) is 2.38. The lowest BCUT2D eigenvalue weighted by atomic mass is 10.1. The Bertz CT molecular complexity index is 818. The molecular formula is C21H22ClNO5. The van der Waals surface area contributed by atoms with E-state index in [1.54, 1.807) is 43.5 Å². The van der Waals surface area contributed by atoms with Crippen molar-refractivity contribution in [3.05, 3.63) is 64.7 Å². The first-order valence-corrected chi connectivity index (χ1v) is 9.15. The van der Waals surface area contributed by atoms with E-state index in [1.165, 1.54) is 6.92 Å². The second-order valence-corrected chi connectivity index (χ2v) is 6.56. The number of nitrogens with one attached hydrogen (secondary N) is 1. The van der Waals surface area contributed by atoms with Crippen molar-refractivity contribution >= 4 is 29.3 Å². The van der Waals surface area contributed by atoms with Gasteiger partial charge in [0.1, 0.15) is 5.75 Å². The van der Waals surface area contributed by atoms with Gasteiger partial charge in [0.25, 0.3) is 5.91 Å². The Kier molecular flexibility index (Phi) is 8.02. The number of carbonyl (C=O) groups excluding carboxylic acids is 3. The van der Waals surface area contributed by atoms with Gasteiger partial charge >= 0.3 is 5.97 Å². The quantitative estimate of drug-likeness (QED) is 0.511. The number of esters is 1. The lowest BCUT2D eigenvalue weighted by Gasteiger charge is -2.13. The van der Waals surface area contributed by atoms with Gasteiger partial charge in [-0.15, -0.1) is 0 Å². The normalized spacial score (nSPS) is 11.4. The van der Waals surface area contributed by atoms with E-state index >= 15 is 0 Å². The van der Waals surface area contributed by atoms with E-state index in [0.29, 0.717) is 17.1 Å². The number of methoxy groups -OCH3 is 1. The van der Waals surface area contributed by atoms with Crippen molar-refractivity contribution in [1.29, 1.82) is 0 Å². The molecule has 0 spiro atoms. The number of rotatable bonds is 9. The smallest absolute Gasteiger partial charge is 0.307 e. The van der Waals surface area contributed by atoms with Gasteiger partial charge in [-0.05, 0) is 48.9 Å². The SMILES string of the molecule is COc1ccc(CNC(=O)[C@@H](C)OC(=O)CCC(=O)c2ccc(Cl)cc2)cc1. The summed E-state index contributed by atoms with van der Waals surface area (Å²) in [5.74, 6) is -0.474. The Hall–Kier alpha value is -2.86. The van der Waals surface area contributed by atoms with Crippen molar-refractivity contribution in [2.24, 2.45) is 0 Å². The molecule has 6 nitrogen and oxygen atoms in total. The third-order valence-corrected chi connectivity index (χ3v) is 4.28. The van der Waals surface area contributed by atoms with Crippen LogP contribution in [0.5, 0.6) is 5.75 Å². The highest BCUT2D eigenvalue weighted by atomic mass is 35.5. The number of carbonyl (C=O) groups is 3. The van der Waals surface area contributed by atoms with Crippen LogP contribution in [0.3, 0.4) is 0 Å². The van der Waals surface area contributed by atoms with Gasteiger partial charge in [0, 0.05) is 23.6 Å². The van der Waals surface area contributed by atoms with Gasteiger partial charge in [-0.2, -0.15) is 0 Å². The highest BCUT2D eigenvalue weighted by molar-refractivity contribution is 6.30. The molecule has 2 rings (SSSR count). The first-order chi connectivity index (χ1) is 13.4. The van der Waals surface area contributed by atoms with Crippen LogP contribution in [-0.4, -0.2) is 30.9 Å². The zero-order valence-corrected chi connectivity index (χ0v) is 16.5. The van der Waals surface area contributed by atoms with E-state index < -0.39 is 18.0 Å². The minimum atomic E-state index is -0.948. The van der Waals surface area contributed by atoms with Gasteiger partial charge in [-0.1, -0.05) is 23.7 Å². The molecule has 1 amide bonds. The summed E-state index contributed by atoms with van der Waals surface area (Å²) in [5, 5.41) is 3.23. The van der Waals surface area contributed by atoms with E-state index in [2.05, 4.69) is 5.32 Å². The third kappa shape index (κ3) is 6.70. The number of ether oxygens (including phenoxy) is 2. The predicted molar refractivity (Wildman–Crippen MR) is 105 cm³/mol. The van der Waals surface area contributed by atoms with Crippen LogP contribution < -0.4 is 10.1 Å². The largest absolute Gasteiger partial charge is 0.497 e. The first kappa shape index (κ1) is 21.4. The van der Waals surface area contributed by atoms with Crippen LogP contribution >= 0.6 is 11.6 Å². The molecule has 0 fully saturated rings. The molecular weight excluding hydrogens is 382 g/mol. The summed E-state index contributed by atoms with van der Waals surface area (Å²) in [5.41, 5.74) is 1.36. The van der Waals surface area contributed by atoms with Crippen LogP contribution in [0.15, 0.2) is 48.5 Å². The highest BCUT2D eigenvalue weighted by Crippen LogP contribution is 2.13. The van der Waals surface area contributed by atoms with Crippen LogP contribution in [-0.2, 0) is 20.9 Å². The molecule has 1 N–H and O–H groups in total. The van der Waals surface area contributed by atoms with Crippen molar-refractivity contribution in [1.82, 2.24) is 5.32 Å². The number of amides is 1. The number of ketones is 1. The van der Waals surface area contributed by atoms with E-state index in [9.17, 15) is 14.4 Å². The van der Waals surface area contributed by atoms with Crippen molar-refractivity contribution in [2.45, 2.75) is 32.4 Å². The standard InChI is InChI=1S/C21H22ClNO5/c1-14(21(26)23-13-15-3-9-18(27-2)10-4-15)28-20(25)12-11-19(24)16-5-7-17(22)8-6-16/h3-10,14H,11-13H2,1-2H3,(H,23,26)/t14-/m1/s1. The van der Waals surface area contributed by atoms with Gasteiger partial charge in [0.15, 0.2) is 11.9 Å². The molecule has 0 saturated heterocycles. The van der Waals surface area contributed by atoms with Crippen molar-refractivity contribution in [3.8, 4) is 5.75 Å².